The molecule has 1 amide bonds. The van der Waals surface area contributed by atoms with Crippen molar-refractivity contribution in [3.8, 4) is 10.6 Å². The van der Waals surface area contributed by atoms with Crippen LogP contribution >= 0.6 is 11.3 Å². The SMILES string of the molecule is Cc1ccc(-c2nc(CC(=O)NCc3ccccn3)cs2)cc1. The van der Waals surface area contributed by atoms with Crippen LogP contribution in [0.1, 0.15) is 17.0 Å². The molecule has 0 aliphatic heterocycles. The Morgan fingerprint density at radius 2 is 1.96 bits per heavy atom. The lowest BCUT2D eigenvalue weighted by Gasteiger charge is -2.03. The van der Waals surface area contributed by atoms with E-state index >= 15 is 0 Å². The van der Waals surface area contributed by atoms with Gasteiger partial charge in [-0.1, -0.05) is 35.9 Å². The van der Waals surface area contributed by atoms with E-state index in [1.54, 1.807) is 17.5 Å². The molecule has 2 aromatic heterocycles. The van der Waals surface area contributed by atoms with Crippen LogP contribution in [0.25, 0.3) is 10.6 Å². The molecule has 0 aliphatic carbocycles. The second-order valence-electron chi connectivity index (χ2n) is 5.28. The summed E-state index contributed by atoms with van der Waals surface area (Å²) in [6, 6.07) is 13.9. The van der Waals surface area contributed by atoms with Crippen molar-refractivity contribution in [2.75, 3.05) is 0 Å². The van der Waals surface area contributed by atoms with Gasteiger partial charge < -0.3 is 5.32 Å². The average Bonchev–Trinajstić information content (AvgIpc) is 3.03. The van der Waals surface area contributed by atoms with Crippen LogP contribution in [0.2, 0.25) is 0 Å². The summed E-state index contributed by atoms with van der Waals surface area (Å²) in [5.74, 6) is -0.0450. The highest BCUT2D eigenvalue weighted by atomic mass is 32.1. The van der Waals surface area contributed by atoms with Gasteiger partial charge in [-0.05, 0) is 19.1 Å². The molecule has 3 aromatic rings. The first kappa shape index (κ1) is 15.4. The van der Waals surface area contributed by atoms with Gasteiger partial charge in [-0.15, -0.1) is 11.3 Å². The van der Waals surface area contributed by atoms with E-state index in [1.165, 1.54) is 5.56 Å². The van der Waals surface area contributed by atoms with Gasteiger partial charge in [-0.2, -0.15) is 0 Å². The quantitative estimate of drug-likeness (QED) is 0.783. The topological polar surface area (TPSA) is 54.9 Å². The highest BCUT2D eigenvalue weighted by Crippen LogP contribution is 2.24. The average molecular weight is 323 g/mol. The van der Waals surface area contributed by atoms with Gasteiger partial charge in [0.15, 0.2) is 0 Å². The molecule has 1 N–H and O–H groups in total. The molecular weight excluding hydrogens is 306 g/mol. The second kappa shape index (κ2) is 7.15. The number of carbonyl (C=O) groups excluding carboxylic acids is 1. The van der Waals surface area contributed by atoms with Crippen molar-refractivity contribution in [2.24, 2.45) is 0 Å². The lowest BCUT2D eigenvalue weighted by atomic mass is 10.2. The van der Waals surface area contributed by atoms with Crippen molar-refractivity contribution in [2.45, 2.75) is 19.9 Å². The van der Waals surface area contributed by atoms with E-state index in [0.29, 0.717) is 6.54 Å². The Labute approximate surface area is 139 Å². The molecule has 0 unspecified atom stereocenters. The minimum Gasteiger partial charge on any atom is -0.350 e. The molecule has 0 atom stereocenters. The van der Waals surface area contributed by atoms with Crippen LogP contribution in [0, 0.1) is 6.92 Å². The molecule has 0 saturated heterocycles. The number of nitrogens with zero attached hydrogens (tertiary/aromatic N) is 2. The zero-order valence-corrected chi connectivity index (χ0v) is 13.6. The Bertz CT molecular complexity index is 782. The van der Waals surface area contributed by atoms with Crippen LogP contribution in [0.3, 0.4) is 0 Å². The molecule has 0 spiro atoms. The van der Waals surface area contributed by atoms with Crippen molar-refractivity contribution in [1.82, 2.24) is 15.3 Å². The summed E-state index contributed by atoms with van der Waals surface area (Å²) in [4.78, 5) is 20.7. The molecule has 3 rings (SSSR count). The fourth-order valence-electron chi connectivity index (χ4n) is 2.14. The molecule has 5 heteroatoms. The maximum atomic E-state index is 12.0. The fourth-order valence-corrected chi connectivity index (χ4v) is 2.96. The molecule has 23 heavy (non-hydrogen) atoms. The zero-order chi connectivity index (χ0) is 16.1. The molecule has 0 bridgehead atoms. The molecule has 116 valence electrons. The lowest BCUT2D eigenvalue weighted by molar-refractivity contribution is -0.120. The van der Waals surface area contributed by atoms with Crippen molar-refractivity contribution in [3.63, 3.8) is 0 Å². The van der Waals surface area contributed by atoms with E-state index in [4.69, 9.17) is 0 Å². The van der Waals surface area contributed by atoms with E-state index in [9.17, 15) is 4.79 Å². The number of hydrogen-bond acceptors (Lipinski definition) is 4. The van der Waals surface area contributed by atoms with Gasteiger partial charge in [-0.3, -0.25) is 9.78 Å². The number of aryl methyl sites for hydroxylation is 1. The summed E-state index contributed by atoms with van der Waals surface area (Å²) in [5.41, 5.74) is 3.95. The largest absolute Gasteiger partial charge is 0.350 e. The van der Waals surface area contributed by atoms with Crippen LogP contribution < -0.4 is 5.32 Å². The van der Waals surface area contributed by atoms with E-state index in [-0.39, 0.29) is 12.3 Å². The van der Waals surface area contributed by atoms with Gasteiger partial charge in [0.2, 0.25) is 5.91 Å². The van der Waals surface area contributed by atoms with Crippen LogP contribution in [0.5, 0.6) is 0 Å². The van der Waals surface area contributed by atoms with E-state index < -0.39 is 0 Å². The predicted molar refractivity (Wildman–Crippen MR) is 92.1 cm³/mol. The molecule has 0 radical (unpaired) electrons. The highest BCUT2D eigenvalue weighted by Gasteiger charge is 2.09. The maximum absolute atomic E-state index is 12.0. The molecule has 0 saturated carbocycles. The summed E-state index contributed by atoms with van der Waals surface area (Å²) in [5, 5.41) is 5.75. The number of rotatable bonds is 5. The molecular formula is C18H17N3OS. The van der Waals surface area contributed by atoms with Gasteiger partial charge >= 0.3 is 0 Å². The zero-order valence-electron chi connectivity index (χ0n) is 12.8. The Morgan fingerprint density at radius 1 is 1.13 bits per heavy atom. The Hall–Kier alpha value is -2.53. The van der Waals surface area contributed by atoms with Crippen LogP contribution in [-0.2, 0) is 17.8 Å². The normalized spacial score (nSPS) is 10.5. The van der Waals surface area contributed by atoms with Crippen molar-refractivity contribution in [3.05, 3.63) is 71.0 Å². The number of hydrogen-bond donors (Lipinski definition) is 1. The van der Waals surface area contributed by atoms with E-state index in [2.05, 4.69) is 46.5 Å². The number of aromatic nitrogens is 2. The first-order valence-electron chi connectivity index (χ1n) is 7.39. The first-order valence-corrected chi connectivity index (χ1v) is 8.27. The molecule has 0 aliphatic rings. The number of thiazole rings is 1. The van der Waals surface area contributed by atoms with Crippen molar-refractivity contribution in [1.29, 1.82) is 0 Å². The second-order valence-corrected chi connectivity index (χ2v) is 6.14. The molecule has 2 heterocycles. The minimum atomic E-state index is -0.0450. The monoisotopic (exact) mass is 323 g/mol. The van der Waals surface area contributed by atoms with Gasteiger partial charge in [0.05, 0.1) is 24.4 Å². The molecule has 0 fully saturated rings. The van der Waals surface area contributed by atoms with Crippen LogP contribution in [0.15, 0.2) is 54.0 Å². The summed E-state index contributed by atoms with van der Waals surface area (Å²) >= 11 is 1.56. The first-order chi connectivity index (χ1) is 11.2. The summed E-state index contributed by atoms with van der Waals surface area (Å²) in [6.45, 7) is 2.50. The third kappa shape index (κ3) is 4.23. The summed E-state index contributed by atoms with van der Waals surface area (Å²) in [7, 11) is 0. The van der Waals surface area contributed by atoms with E-state index in [0.717, 1.165) is 22.0 Å². The Balaban J connectivity index is 1.58. The van der Waals surface area contributed by atoms with Crippen molar-refractivity contribution < 1.29 is 4.79 Å². The minimum absolute atomic E-state index is 0.0450. The van der Waals surface area contributed by atoms with Gasteiger partial charge in [0.25, 0.3) is 0 Å². The van der Waals surface area contributed by atoms with Crippen LogP contribution in [0.4, 0.5) is 0 Å². The highest BCUT2D eigenvalue weighted by molar-refractivity contribution is 7.13. The standard InChI is InChI=1S/C18H17N3OS/c1-13-5-7-14(8-6-13)18-21-16(12-23-18)10-17(22)20-11-15-4-2-3-9-19-15/h2-9,12H,10-11H2,1H3,(H,20,22). The van der Waals surface area contributed by atoms with Gasteiger partial charge in [0, 0.05) is 17.1 Å². The summed E-state index contributed by atoms with van der Waals surface area (Å²) < 4.78 is 0. The number of carbonyl (C=O) groups is 1. The van der Waals surface area contributed by atoms with Crippen molar-refractivity contribution >= 4 is 17.2 Å². The third-order valence-corrected chi connectivity index (χ3v) is 4.32. The van der Waals surface area contributed by atoms with Gasteiger partial charge in [-0.25, -0.2) is 4.98 Å². The smallest absolute Gasteiger partial charge is 0.226 e. The summed E-state index contributed by atoms with van der Waals surface area (Å²) in [6.07, 6.45) is 2.00. The number of nitrogens with one attached hydrogen (secondary N) is 1. The lowest BCUT2D eigenvalue weighted by Crippen LogP contribution is -2.25. The Morgan fingerprint density at radius 3 is 2.70 bits per heavy atom. The number of pyridine rings is 1. The fraction of sp³-hybridized carbons (Fsp3) is 0.167. The molecule has 1 aromatic carbocycles. The van der Waals surface area contributed by atoms with Crippen LogP contribution in [-0.4, -0.2) is 15.9 Å². The predicted octanol–water partition coefficient (Wildman–Crippen LogP) is 3.37. The third-order valence-electron chi connectivity index (χ3n) is 3.38. The van der Waals surface area contributed by atoms with Gasteiger partial charge in [0.1, 0.15) is 5.01 Å². The van der Waals surface area contributed by atoms with E-state index in [1.807, 2.05) is 23.6 Å². The number of amides is 1. The number of benzene rings is 1. The maximum Gasteiger partial charge on any atom is 0.226 e. The molecule has 4 nitrogen and oxygen atoms in total. The Kier molecular flexibility index (Phi) is 4.78.